The van der Waals surface area contributed by atoms with E-state index in [4.69, 9.17) is 0 Å². The summed E-state index contributed by atoms with van der Waals surface area (Å²) in [6.07, 6.45) is 4.70. The molecule has 2 nitrogen and oxygen atoms in total. The minimum absolute atomic E-state index is 0.188. The third-order valence-corrected chi connectivity index (χ3v) is 4.67. The highest BCUT2D eigenvalue weighted by atomic mass is 16.3. The molecule has 15 heavy (non-hydrogen) atoms. The Hall–Kier alpha value is -0.550. The van der Waals surface area contributed by atoms with Crippen molar-refractivity contribution < 1.29 is 5.11 Å². The van der Waals surface area contributed by atoms with Gasteiger partial charge in [-0.15, -0.1) is 0 Å². The van der Waals surface area contributed by atoms with E-state index in [1.54, 1.807) is 0 Å². The molecule has 2 heteroatoms. The number of nitriles is 1. The normalized spacial score (nSPS) is 41.9. The van der Waals surface area contributed by atoms with Crippen LogP contribution in [0, 0.1) is 28.1 Å². The number of nitrogens with zero attached hydrogens (tertiary/aromatic N) is 1. The average molecular weight is 207 g/mol. The summed E-state index contributed by atoms with van der Waals surface area (Å²) < 4.78 is 0. The van der Waals surface area contributed by atoms with Gasteiger partial charge in [-0.3, -0.25) is 0 Å². The zero-order chi connectivity index (χ0) is 11.3. The Morgan fingerprint density at radius 2 is 1.93 bits per heavy atom. The molecule has 0 spiro atoms. The lowest BCUT2D eigenvalue weighted by molar-refractivity contribution is -0.119. The van der Waals surface area contributed by atoms with Gasteiger partial charge in [0.2, 0.25) is 0 Å². The monoisotopic (exact) mass is 207 g/mol. The molecule has 2 atom stereocenters. The molecule has 0 saturated heterocycles. The molecule has 2 unspecified atom stereocenters. The van der Waals surface area contributed by atoms with Gasteiger partial charge in [-0.25, -0.2) is 0 Å². The van der Waals surface area contributed by atoms with Crippen molar-refractivity contribution in [2.75, 3.05) is 0 Å². The lowest BCUT2D eigenvalue weighted by Crippen LogP contribution is -2.53. The van der Waals surface area contributed by atoms with Crippen LogP contribution in [-0.2, 0) is 0 Å². The maximum atomic E-state index is 10.8. The lowest BCUT2D eigenvalue weighted by Gasteiger charge is -2.49. The summed E-state index contributed by atoms with van der Waals surface area (Å²) >= 11 is 0. The van der Waals surface area contributed by atoms with Gasteiger partial charge in [0, 0.05) is 0 Å². The van der Waals surface area contributed by atoms with E-state index < -0.39 is 11.0 Å². The predicted octanol–water partition coefficient (Wildman–Crippen LogP) is 2.87. The molecule has 1 N–H and O–H groups in total. The van der Waals surface area contributed by atoms with Crippen molar-refractivity contribution >= 4 is 0 Å². The van der Waals surface area contributed by atoms with Crippen LogP contribution in [0.2, 0.25) is 0 Å². The molecule has 0 radical (unpaired) electrons. The van der Waals surface area contributed by atoms with Gasteiger partial charge in [0.05, 0.1) is 17.1 Å². The van der Waals surface area contributed by atoms with Crippen molar-refractivity contribution in [3.8, 4) is 6.07 Å². The molecule has 0 bridgehead atoms. The first-order valence-corrected chi connectivity index (χ1v) is 5.99. The van der Waals surface area contributed by atoms with Crippen molar-refractivity contribution in [1.82, 2.24) is 0 Å². The lowest BCUT2D eigenvalue weighted by atomic mass is 9.56. The summed E-state index contributed by atoms with van der Waals surface area (Å²) in [5.74, 6) is 0.257. The van der Waals surface area contributed by atoms with Gasteiger partial charge in [-0.1, -0.05) is 27.2 Å². The number of aliphatic hydroxyl groups is 1. The quantitative estimate of drug-likeness (QED) is 0.718. The Morgan fingerprint density at radius 1 is 1.33 bits per heavy atom. The third-order valence-electron chi connectivity index (χ3n) is 4.67. The van der Waals surface area contributed by atoms with E-state index in [0.29, 0.717) is 0 Å². The van der Waals surface area contributed by atoms with E-state index in [-0.39, 0.29) is 11.3 Å². The predicted molar refractivity (Wildman–Crippen MR) is 59.0 cm³/mol. The van der Waals surface area contributed by atoms with E-state index in [0.717, 1.165) is 32.1 Å². The van der Waals surface area contributed by atoms with Crippen LogP contribution in [0.4, 0.5) is 0 Å². The summed E-state index contributed by atoms with van der Waals surface area (Å²) in [4.78, 5) is 0. The zero-order valence-electron chi connectivity index (χ0n) is 10.0. The van der Waals surface area contributed by atoms with Crippen molar-refractivity contribution in [2.45, 2.75) is 58.5 Å². The van der Waals surface area contributed by atoms with Crippen LogP contribution in [0.1, 0.15) is 52.9 Å². The van der Waals surface area contributed by atoms with Crippen molar-refractivity contribution in [2.24, 2.45) is 16.7 Å². The Labute approximate surface area is 92.3 Å². The molecule has 0 heterocycles. The molecule has 2 aliphatic rings. The van der Waals surface area contributed by atoms with Gasteiger partial charge >= 0.3 is 0 Å². The molecule has 0 aromatic heterocycles. The second-order valence-electron chi connectivity index (χ2n) is 6.42. The maximum Gasteiger partial charge on any atom is 0.0863 e. The maximum absolute atomic E-state index is 10.8. The van der Waals surface area contributed by atoms with E-state index in [9.17, 15) is 10.4 Å². The molecule has 2 aliphatic carbocycles. The van der Waals surface area contributed by atoms with Crippen molar-refractivity contribution in [3.05, 3.63) is 0 Å². The third kappa shape index (κ3) is 1.33. The molecule has 2 saturated carbocycles. The molecular formula is C13H21NO. The van der Waals surface area contributed by atoms with Gasteiger partial charge in [-0.2, -0.15) is 5.26 Å². The molecule has 0 aliphatic heterocycles. The van der Waals surface area contributed by atoms with E-state index in [1.165, 1.54) is 0 Å². The molecule has 2 fully saturated rings. The van der Waals surface area contributed by atoms with Crippen LogP contribution in [0.15, 0.2) is 0 Å². The Morgan fingerprint density at radius 3 is 2.20 bits per heavy atom. The van der Waals surface area contributed by atoms with Gasteiger partial charge in [0.1, 0.15) is 0 Å². The first kappa shape index (κ1) is 11.0. The number of hydrogen-bond acceptors (Lipinski definition) is 2. The molecule has 0 amide bonds. The van der Waals surface area contributed by atoms with E-state index >= 15 is 0 Å². The van der Waals surface area contributed by atoms with Crippen molar-refractivity contribution in [3.63, 3.8) is 0 Å². The molecular weight excluding hydrogens is 186 g/mol. The first-order chi connectivity index (χ1) is 6.85. The zero-order valence-corrected chi connectivity index (χ0v) is 10.0. The van der Waals surface area contributed by atoms with Gasteiger partial charge < -0.3 is 5.11 Å². The average Bonchev–Trinajstić information content (AvgIpc) is 2.19. The Bertz CT molecular complexity index is 311. The van der Waals surface area contributed by atoms with E-state index in [2.05, 4.69) is 26.8 Å². The Balaban J connectivity index is 2.31. The molecule has 0 aromatic carbocycles. The number of rotatable bonds is 1. The highest BCUT2D eigenvalue weighted by Gasteiger charge is 2.62. The largest absolute Gasteiger partial charge is 0.388 e. The highest BCUT2D eigenvalue weighted by Crippen LogP contribution is 2.61. The van der Waals surface area contributed by atoms with Crippen LogP contribution in [0.5, 0.6) is 0 Å². The topological polar surface area (TPSA) is 44.0 Å². The minimum Gasteiger partial charge on any atom is -0.388 e. The fourth-order valence-corrected chi connectivity index (χ4v) is 3.79. The van der Waals surface area contributed by atoms with Crippen LogP contribution in [-0.4, -0.2) is 10.7 Å². The summed E-state index contributed by atoms with van der Waals surface area (Å²) in [7, 11) is 0. The SMILES string of the molecule is CC1CC(C)(C)CC1(O)C1(C#N)CCC1. The van der Waals surface area contributed by atoms with Crippen LogP contribution in [0.25, 0.3) is 0 Å². The summed E-state index contributed by atoms with van der Waals surface area (Å²) in [5.41, 5.74) is -0.975. The summed E-state index contributed by atoms with van der Waals surface area (Å²) in [6, 6.07) is 2.42. The molecule has 2 rings (SSSR count). The second kappa shape index (κ2) is 2.98. The minimum atomic E-state index is -0.733. The fraction of sp³-hybridized carbons (Fsp3) is 0.923. The fourth-order valence-electron chi connectivity index (χ4n) is 3.79. The number of hydrogen-bond donors (Lipinski definition) is 1. The smallest absolute Gasteiger partial charge is 0.0863 e. The van der Waals surface area contributed by atoms with Gasteiger partial charge in [-0.05, 0) is 37.0 Å². The second-order valence-corrected chi connectivity index (χ2v) is 6.42. The molecule has 0 aromatic rings. The summed E-state index contributed by atoms with van der Waals surface area (Å²) in [5, 5.41) is 20.2. The Kier molecular flexibility index (Phi) is 2.18. The highest BCUT2D eigenvalue weighted by molar-refractivity contribution is 5.20. The van der Waals surface area contributed by atoms with Crippen LogP contribution in [0.3, 0.4) is 0 Å². The van der Waals surface area contributed by atoms with Crippen LogP contribution >= 0.6 is 0 Å². The molecule has 84 valence electrons. The summed E-state index contributed by atoms with van der Waals surface area (Å²) in [6.45, 7) is 6.50. The van der Waals surface area contributed by atoms with Crippen molar-refractivity contribution in [1.29, 1.82) is 5.26 Å². The first-order valence-electron chi connectivity index (χ1n) is 5.99. The van der Waals surface area contributed by atoms with Crippen LogP contribution < -0.4 is 0 Å². The van der Waals surface area contributed by atoms with Gasteiger partial charge in [0.15, 0.2) is 0 Å². The van der Waals surface area contributed by atoms with E-state index in [1.807, 2.05) is 0 Å². The standard InChI is InChI=1S/C13H21NO/c1-10-7-11(2,3)8-13(10,15)12(9-14)5-4-6-12/h10,15H,4-8H2,1-3H3. The van der Waals surface area contributed by atoms with Gasteiger partial charge in [0.25, 0.3) is 0 Å².